The molecule has 2 aliphatic heterocycles. The van der Waals surface area contributed by atoms with Gasteiger partial charge in [-0.15, -0.1) is 0 Å². The summed E-state index contributed by atoms with van der Waals surface area (Å²) < 4.78 is 0. The first kappa shape index (κ1) is 13.4. The van der Waals surface area contributed by atoms with Crippen LogP contribution in [0.1, 0.15) is 25.7 Å². The third kappa shape index (κ3) is 3.48. The standard InChI is InChI=1S/C15H22N4O/c1-2-14(12-17-7-1)19-10-5-13(6-11-19)18-20-15-3-8-16-9-4-15/h1-2,7,12,15-16H,3-6,8-11H2. The highest BCUT2D eigenvalue weighted by atomic mass is 16.6. The molecule has 3 rings (SSSR count). The van der Waals surface area contributed by atoms with Crippen molar-refractivity contribution in [1.29, 1.82) is 0 Å². The van der Waals surface area contributed by atoms with Crippen LogP contribution in [0.5, 0.6) is 0 Å². The van der Waals surface area contributed by atoms with Gasteiger partial charge in [0.15, 0.2) is 0 Å². The van der Waals surface area contributed by atoms with Crippen molar-refractivity contribution in [3.63, 3.8) is 0 Å². The fourth-order valence-electron chi connectivity index (χ4n) is 2.71. The Morgan fingerprint density at radius 2 is 2.05 bits per heavy atom. The van der Waals surface area contributed by atoms with Gasteiger partial charge >= 0.3 is 0 Å². The molecule has 2 aliphatic rings. The Morgan fingerprint density at radius 3 is 2.75 bits per heavy atom. The van der Waals surface area contributed by atoms with E-state index in [2.05, 4.69) is 26.4 Å². The molecule has 5 nitrogen and oxygen atoms in total. The minimum absolute atomic E-state index is 0.306. The fraction of sp³-hybridized carbons (Fsp3) is 0.600. The molecule has 2 fully saturated rings. The molecule has 0 bridgehead atoms. The van der Waals surface area contributed by atoms with Crippen LogP contribution in [0.3, 0.4) is 0 Å². The zero-order chi connectivity index (χ0) is 13.6. The molecule has 20 heavy (non-hydrogen) atoms. The van der Waals surface area contributed by atoms with Crippen LogP contribution in [0.25, 0.3) is 0 Å². The van der Waals surface area contributed by atoms with E-state index in [1.807, 2.05) is 18.5 Å². The largest absolute Gasteiger partial charge is 0.392 e. The zero-order valence-corrected chi connectivity index (χ0v) is 11.8. The summed E-state index contributed by atoms with van der Waals surface area (Å²) in [7, 11) is 0. The summed E-state index contributed by atoms with van der Waals surface area (Å²) in [5.74, 6) is 0. The van der Waals surface area contributed by atoms with Crippen LogP contribution in [0.4, 0.5) is 5.69 Å². The van der Waals surface area contributed by atoms with E-state index in [4.69, 9.17) is 4.84 Å². The minimum atomic E-state index is 0.306. The van der Waals surface area contributed by atoms with Crippen LogP contribution >= 0.6 is 0 Å². The van der Waals surface area contributed by atoms with Crippen molar-refractivity contribution in [1.82, 2.24) is 10.3 Å². The van der Waals surface area contributed by atoms with Gasteiger partial charge in [-0.05, 0) is 38.1 Å². The average Bonchev–Trinajstić information content (AvgIpc) is 2.55. The molecule has 0 aliphatic carbocycles. The predicted octanol–water partition coefficient (Wildman–Crippen LogP) is 1.81. The van der Waals surface area contributed by atoms with Crippen molar-refractivity contribution >= 4 is 11.4 Å². The van der Waals surface area contributed by atoms with E-state index >= 15 is 0 Å². The molecule has 3 heterocycles. The van der Waals surface area contributed by atoms with Crippen molar-refractivity contribution in [2.45, 2.75) is 31.8 Å². The number of anilines is 1. The van der Waals surface area contributed by atoms with Gasteiger partial charge in [0, 0.05) is 32.1 Å². The Labute approximate surface area is 120 Å². The molecule has 0 amide bonds. The van der Waals surface area contributed by atoms with E-state index in [0.717, 1.165) is 51.9 Å². The molecule has 1 aromatic heterocycles. The maximum absolute atomic E-state index is 5.68. The summed E-state index contributed by atoms with van der Waals surface area (Å²) in [6.07, 6.45) is 8.15. The van der Waals surface area contributed by atoms with Crippen LogP contribution < -0.4 is 10.2 Å². The second-order valence-electron chi connectivity index (χ2n) is 5.41. The number of piperidine rings is 2. The first-order valence-electron chi connectivity index (χ1n) is 7.49. The fourth-order valence-corrected chi connectivity index (χ4v) is 2.71. The molecule has 5 heteroatoms. The summed E-state index contributed by atoms with van der Waals surface area (Å²) in [5.41, 5.74) is 2.40. The first-order valence-corrected chi connectivity index (χ1v) is 7.49. The monoisotopic (exact) mass is 274 g/mol. The van der Waals surface area contributed by atoms with E-state index in [9.17, 15) is 0 Å². The Kier molecular flexibility index (Phi) is 4.48. The Balaban J connectivity index is 1.48. The highest BCUT2D eigenvalue weighted by Crippen LogP contribution is 2.18. The van der Waals surface area contributed by atoms with E-state index in [0.29, 0.717) is 6.10 Å². The van der Waals surface area contributed by atoms with Crippen LogP contribution in [0.2, 0.25) is 0 Å². The number of hydrogen-bond acceptors (Lipinski definition) is 5. The Morgan fingerprint density at radius 1 is 1.25 bits per heavy atom. The maximum atomic E-state index is 5.68. The molecule has 0 spiro atoms. The summed E-state index contributed by atoms with van der Waals surface area (Å²) in [5, 5.41) is 7.72. The third-order valence-corrected chi connectivity index (χ3v) is 3.97. The summed E-state index contributed by atoms with van der Waals surface area (Å²) in [4.78, 5) is 12.2. The summed E-state index contributed by atoms with van der Waals surface area (Å²) in [6, 6.07) is 4.10. The van der Waals surface area contributed by atoms with Crippen molar-refractivity contribution in [2.75, 3.05) is 31.1 Å². The number of nitrogens with zero attached hydrogens (tertiary/aromatic N) is 3. The number of aromatic nitrogens is 1. The smallest absolute Gasteiger partial charge is 0.130 e. The Bertz CT molecular complexity index is 432. The highest BCUT2D eigenvalue weighted by molar-refractivity contribution is 5.86. The van der Waals surface area contributed by atoms with Gasteiger partial charge < -0.3 is 15.1 Å². The van der Waals surface area contributed by atoms with Crippen LogP contribution in [-0.4, -0.2) is 43.0 Å². The lowest BCUT2D eigenvalue weighted by molar-refractivity contribution is 0.0368. The van der Waals surface area contributed by atoms with Crippen LogP contribution in [0, 0.1) is 0 Å². The van der Waals surface area contributed by atoms with Gasteiger partial charge in [0.2, 0.25) is 0 Å². The van der Waals surface area contributed by atoms with Gasteiger partial charge in [-0.25, -0.2) is 0 Å². The zero-order valence-electron chi connectivity index (χ0n) is 11.8. The molecule has 0 saturated carbocycles. The lowest BCUT2D eigenvalue weighted by atomic mass is 10.1. The lowest BCUT2D eigenvalue weighted by Gasteiger charge is -2.29. The van der Waals surface area contributed by atoms with E-state index in [-0.39, 0.29) is 0 Å². The number of rotatable bonds is 3. The number of hydrogen-bond donors (Lipinski definition) is 1. The van der Waals surface area contributed by atoms with Crippen LogP contribution in [0.15, 0.2) is 29.7 Å². The van der Waals surface area contributed by atoms with Gasteiger partial charge in [0.05, 0.1) is 17.6 Å². The molecule has 1 aromatic rings. The molecule has 0 atom stereocenters. The molecule has 0 aromatic carbocycles. The van der Waals surface area contributed by atoms with E-state index in [1.54, 1.807) is 0 Å². The van der Waals surface area contributed by atoms with E-state index < -0.39 is 0 Å². The minimum Gasteiger partial charge on any atom is -0.392 e. The maximum Gasteiger partial charge on any atom is 0.130 e. The average molecular weight is 274 g/mol. The molecule has 0 unspecified atom stereocenters. The molecule has 1 N–H and O–H groups in total. The van der Waals surface area contributed by atoms with Gasteiger partial charge in [0.25, 0.3) is 0 Å². The number of oxime groups is 1. The first-order chi connectivity index (χ1) is 9.92. The van der Waals surface area contributed by atoms with Crippen molar-refractivity contribution in [2.24, 2.45) is 5.16 Å². The second-order valence-corrected chi connectivity index (χ2v) is 5.41. The highest BCUT2D eigenvalue weighted by Gasteiger charge is 2.18. The topological polar surface area (TPSA) is 49.8 Å². The quantitative estimate of drug-likeness (QED) is 0.854. The van der Waals surface area contributed by atoms with Gasteiger partial charge in [-0.1, -0.05) is 5.16 Å². The second kappa shape index (κ2) is 6.70. The van der Waals surface area contributed by atoms with Crippen molar-refractivity contribution in [3.8, 4) is 0 Å². The lowest BCUT2D eigenvalue weighted by Crippen LogP contribution is -2.35. The molecule has 0 radical (unpaired) electrons. The number of nitrogens with one attached hydrogen (secondary N) is 1. The van der Waals surface area contributed by atoms with Crippen molar-refractivity contribution < 1.29 is 4.84 Å². The Hall–Kier alpha value is -1.62. The molecule has 108 valence electrons. The summed E-state index contributed by atoms with van der Waals surface area (Å²) in [6.45, 7) is 4.09. The molecular weight excluding hydrogens is 252 g/mol. The van der Waals surface area contributed by atoms with Crippen molar-refractivity contribution in [3.05, 3.63) is 24.5 Å². The molecular formula is C15H22N4O. The van der Waals surface area contributed by atoms with Gasteiger partial charge in [-0.3, -0.25) is 4.98 Å². The molecule has 2 saturated heterocycles. The predicted molar refractivity (Wildman–Crippen MR) is 80.1 cm³/mol. The third-order valence-electron chi connectivity index (χ3n) is 3.97. The summed E-state index contributed by atoms with van der Waals surface area (Å²) >= 11 is 0. The normalized spacial score (nSPS) is 20.8. The van der Waals surface area contributed by atoms with Gasteiger partial charge in [-0.2, -0.15) is 0 Å². The van der Waals surface area contributed by atoms with Crippen LogP contribution in [-0.2, 0) is 4.84 Å². The van der Waals surface area contributed by atoms with E-state index in [1.165, 1.54) is 11.4 Å². The van der Waals surface area contributed by atoms with Gasteiger partial charge in [0.1, 0.15) is 6.10 Å². The SMILES string of the molecule is c1cncc(N2CCC(=NOC3CCNCC3)CC2)c1. The number of pyridine rings is 1.